The fourth-order valence-electron chi connectivity index (χ4n) is 1.75. The zero-order valence-electron chi connectivity index (χ0n) is 10.2. The van der Waals surface area contributed by atoms with Crippen LogP contribution in [0.4, 0.5) is 0 Å². The molecule has 0 N–H and O–H groups in total. The Morgan fingerprint density at radius 2 is 1.81 bits per heavy atom. The van der Waals surface area contributed by atoms with Crippen molar-refractivity contribution in [3.63, 3.8) is 0 Å². The van der Waals surface area contributed by atoms with Crippen LogP contribution in [0, 0.1) is 0 Å². The average molecular weight is 246 g/mol. The highest BCUT2D eigenvalue weighted by Gasteiger charge is 2.25. The molecule has 5 heteroatoms. The van der Waals surface area contributed by atoms with Gasteiger partial charge in [-0.25, -0.2) is 8.42 Å². The Hall–Kier alpha value is -0.670. The number of rotatable bonds is 9. The fraction of sp³-hybridized carbons (Fsp3) is 0.909. The summed E-state index contributed by atoms with van der Waals surface area (Å²) in [5, 5.41) is -0.384. The van der Waals surface area contributed by atoms with E-state index in [0.29, 0.717) is 18.4 Å². The predicted octanol–water partition coefficient (Wildman–Crippen LogP) is 2.80. The molecule has 1 atom stereocenters. The third kappa shape index (κ3) is 6.03. The van der Waals surface area contributed by atoms with E-state index in [-0.39, 0.29) is 5.25 Å². The van der Waals surface area contributed by atoms with Crippen LogP contribution in [0.25, 0.3) is 5.53 Å². The van der Waals surface area contributed by atoms with E-state index in [9.17, 15) is 8.42 Å². The molecular formula is C11H22N2O2S. The molecule has 4 nitrogen and oxygen atoms in total. The molecule has 0 radical (unpaired) electrons. The lowest BCUT2D eigenvalue weighted by molar-refractivity contribution is 0.00745. The first-order chi connectivity index (χ1) is 7.58. The molecule has 0 spiro atoms. The van der Waals surface area contributed by atoms with Crippen molar-refractivity contribution in [1.29, 1.82) is 0 Å². The Bertz CT molecular complexity index is 319. The van der Waals surface area contributed by atoms with Gasteiger partial charge in [0.05, 0.1) is 5.25 Å². The minimum absolute atomic E-state index is 0.384. The van der Waals surface area contributed by atoms with Crippen LogP contribution in [-0.2, 0) is 9.84 Å². The number of unbranched alkanes of at least 4 members (excludes halogenated alkanes) is 3. The molecule has 0 aliphatic heterocycles. The van der Waals surface area contributed by atoms with Gasteiger partial charge in [0, 0.05) is 0 Å². The van der Waals surface area contributed by atoms with Gasteiger partial charge >= 0.3 is 5.55 Å². The van der Waals surface area contributed by atoms with Crippen molar-refractivity contribution in [2.75, 3.05) is 0 Å². The lowest BCUT2D eigenvalue weighted by Crippen LogP contribution is -2.22. The SMILES string of the molecule is CCCCCCC(CCC)S(=O)(=O)C=[N+]=[N-]. The van der Waals surface area contributed by atoms with Gasteiger partial charge in [-0.3, -0.25) is 0 Å². The molecule has 0 rings (SSSR count). The van der Waals surface area contributed by atoms with Gasteiger partial charge < -0.3 is 5.53 Å². The average Bonchev–Trinajstić information content (AvgIpc) is 2.22. The Labute approximate surface area is 98.6 Å². The second-order valence-corrected chi connectivity index (χ2v) is 6.13. The number of nitrogens with zero attached hydrogens (tertiary/aromatic N) is 2. The molecule has 0 fully saturated rings. The van der Waals surface area contributed by atoms with Crippen molar-refractivity contribution in [2.45, 2.75) is 64.0 Å². The van der Waals surface area contributed by atoms with Crippen LogP contribution in [0.5, 0.6) is 0 Å². The highest BCUT2D eigenvalue weighted by atomic mass is 32.2. The molecule has 0 aromatic carbocycles. The first-order valence-corrected chi connectivity index (χ1v) is 7.60. The van der Waals surface area contributed by atoms with Crippen LogP contribution in [0.2, 0.25) is 0 Å². The number of sulfone groups is 1. The van der Waals surface area contributed by atoms with E-state index >= 15 is 0 Å². The summed E-state index contributed by atoms with van der Waals surface area (Å²) in [4.78, 5) is 2.64. The molecule has 16 heavy (non-hydrogen) atoms. The fourth-order valence-corrected chi connectivity index (χ4v) is 3.11. The number of hydrogen-bond donors (Lipinski definition) is 0. The molecule has 0 amide bonds. The van der Waals surface area contributed by atoms with Crippen molar-refractivity contribution in [3.05, 3.63) is 5.53 Å². The van der Waals surface area contributed by atoms with E-state index < -0.39 is 9.84 Å². The van der Waals surface area contributed by atoms with Crippen LogP contribution in [0.15, 0.2) is 0 Å². The zero-order valence-corrected chi connectivity index (χ0v) is 11.0. The van der Waals surface area contributed by atoms with Crippen LogP contribution >= 0.6 is 0 Å². The summed E-state index contributed by atoms with van der Waals surface area (Å²) < 4.78 is 23.4. The predicted molar refractivity (Wildman–Crippen MR) is 66.1 cm³/mol. The third-order valence-electron chi connectivity index (χ3n) is 2.65. The second kappa shape index (κ2) is 8.48. The summed E-state index contributed by atoms with van der Waals surface area (Å²) in [7, 11) is -3.36. The van der Waals surface area contributed by atoms with Gasteiger partial charge in [-0.15, -0.1) is 0 Å². The molecule has 1 unspecified atom stereocenters. The van der Waals surface area contributed by atoms with Gasteiger partial charge in [-0.1, -0.05) is 46.0 Å². The Morgan fingerprint density at radius 3 is 2.31 bits per heavy atom. The van der Waals surface area contributed by atoms with Crippen molar-refractivity contribution in [1.82, 2.24) is 0 Å². The highest BCUT2D eigenvalue weighted by Crippen LogP contribution is 2.16. The van der Waals surface area contributed by atoms with Crippen molar-refractivity contribution >= 4 is 15.4 Å². The van der Waals surface area contributed by atoms with E-state index in [1.54, 1.807) is 0 Å². The summed E-state index contributed by atoms with van der Waals surface area (Å²) in [5.41, 5.74) is 8.99. The maximum atomic E-state index is 11.7. The molecule has 0 aromatic rings. The molecule has 0 saturated carbocycles. The smallest absolute Gasteiger partial charge is 0.361 e. The lowest BCUT2D eigenvalue weighted by Gasteiger charge is -2.11. The third-order valence-corrected chi connectivity index (χ3v) is 4.44. The quantitative estimate of drug-likeness (QED) is 0.206. The first-order valence-electron chi connectivity index (χ1n) is 5.99. The van der Waals surface area contributed by atoms with Gasteiger partial charge in [0.1, 0.15) is 0 Å². The molecular weight excluding hydrogens is 224 g/mol. The van der Waals surface area contributed by atoms with E-state index in [4.69, 9.17) is 5.53 Å². The van der Waals surface area contributed by atoms with Crippen molar-refractivity contribution in [3.8, 4) is 0 Å². The Morgan fingerprint density at radius 1 is 1.12 bits per heavy atom. The zero-order chi connectivity index (χ0) is 12.4. The monoisotopic (exact) mass is 246 g/mol. The first kappa shape index (κ1) is 15.3. The van der Waals surface area contributed by atoms with E-state index in [1.165, 1.54) is 0 Å². The van der Waals surface area contributed by atoms with Gasteiger partial charge in [0.25, 0.3) is 0 Å². The summed E-state index contributed by atoms with van der Waals surface area (Å²) in [6.07, 6.45) is 6.43. The largest absolute Gasteiger partial charge is 0.370 e. The van der Waals surface area contributed by atoms with Gasteiger partial charge in [-0.2, -0.15) is 4.79 Å². The summed E-state index contributed by atoms with van der Waals surface area (Å²) in [6.45, 7) is 4.09. The van der Waals surface area contributed by atoms with E-state index in [0.717, 1.165) is 32.1 Å². The van der Waals surface area contributed by atoms with Crippen LogP contribution in [0.1, 0.15) is 58.8 Å². The van der Waals surface area contributed by atoms with Crippen molar-refractivity contribution in [2.24, 2.45) is 0 Å². The molecule has 94 valence electrons. The molecule has 0 aliphatic rings. The summed E-state index contributed by atoms with van der Waals surface area (Å²) in [5.74, 6) is 0. The minimum Gasteiger partial charge on any atom is -0.361 e. The molecule has 0 aromatic heterocycles. The van der Waals surface area contributed by atoms with Crippen LogP contribution in [0.3, 0.4) is 0 Å². The standard InChI is InChI=1S/C11H22N2O2S/c1-3-5-6-7-9-11(8-4-2)16(14,15)10-13-12/h10-11H,3-9H2,1-2H3. The topological polar surface area (TPSA) is 70.5 Å². The normalized spacial score (nSPS) is 13.1. The second-order valence-electron chi connectivity index (χ2n) is 4.07. The summed E-state index contributed by atoms with van der Waals surface area (Å²) in [6, 6.07) is 0. The molecule has 0 heterocycles. The Balaban J connectivity index is 4.32. The van der Waals surface area contributed by atoms with E-state index in [1.807, 2.05) is 6.92 Å². The van der Waals surface area contributed by atoms with Crippen molar-refractivity contribution < 1.29 is 13.2 Å². The molecule has 0 bridgehead atoms. The molecule has 0 saturated heterocycles. The number of hydrogen-bond acceptors (Lipinski definition) is 2. The minimum atomic E-state index is -3.36. The van der Waals surface area contributed by atoms with E-state index in [2.05, 4.69) is 11.7 Å². The maximum Gasteiger partial charge on any atom is 0.370 e. The van der Waals surface area contributed by atoms with Gasteiger partial charge in [-0.05, 0) is 12.8 Å². The van der Waals surface area contributed by atoms with Gasteiger partial charge in [0.15, 0.2) is 0 Å². The summed E-state index contributed by atoms with van der Waals surface area (Å²) >= 11 is 0. The van der Waals surface area contributed by atoms with Crippen LogP contribution < -0.4 is 0 Å². The Kier molecular flexibility index (Phi) is 8.12. The lowest BCUT2D eigenvalue weighted by atomic mass is 10.1. The van der Waals surface area contributed by atoms with Gasteiger partial charge in [0.2, 0.25) is 9.84 Å². The molecule has 0 aliphatic carbocycles. The van der Waals surface area contributed by atoms with Crippen LogP contribution in [-0.4, -0.2) is 24.0 Å². The maximum absolute atomic E-state index is 11.7. The highest BCUT2D eigenvalue weighted by molar-refractivity contribution is 8.04.